The first-order valence-corrected chi connectivity index (χ1v) is 15.7. The Morgan fingerprint density at radius 2 is 1.00 bits per heavy atom. The molecule has 0 fully saturated rings. The molecular formula is C36H47NO6. The number of carbonyl (C=O) groups excluding carboxylic acids is 2. The summed E-state index contributed by atoms with van der Waals surface area (Å²) < 4.78 is 10.7. The van der Waals surface area contributed by atoms with Gasteiger partial charge in [-0.15, -0.1) is 0 Å². The Morgan fingerprint density at radius 1 is 0.581 bits per heavy atom. The summed E-state index contributed by atoms with van der Waals surface area (Å²) in [5, 5.41) is 10.8. The molecule has 0 aromatic heterocycles. The van der Waals surface area contributed by atoms with Crippen molar-refractivity contribution in [2.24, 2.45) is 0 Å². The van der Waals surface area contributed by atoms with Crippen LogP contribution in [-0.2, 0) is 9.47 Å². The van der Waals surface area contributed by atoms with Crippen LogP contribution in [0.15, 0.2) is 78.9 Å². The van der Waals surface area contributed by atoms with Crippen molar-refractivity contribution in [2.45, 2.75) is 90.9 Å². The van der Waals surface area contributed by atoms with E-state index < -0.39 is 11.9 Å². The molecule has 0 radical (unpaired) electrons. The molecule has 232 valence electrons. The average Bonchev–Trinajstić information content (AvgIpc) is 3.04. The van der Waals surface area contributed by atoms with Crippen LogP contribution < -0.4 is 0 Å². The van der Waals surface area contributed by atoms with Gasteiger partial charge in [0.1, 0.15) is 0 Å². The van der Waals surface area contributed by atoms with E-state index in [4.69, 9.17) is 9.47 Å². The van der Waals surface area contributed by atoms with E-state index in [2.05, 4.69) is 13.8 Å². The molecule has 7 heteroatoms. The van der Waals surface area contributed by atoms with Crippen LogP contribution in [0.4, 0.5) is 5.69 Å². The van der Waals surface area contributed by atoms with Crippen LogP contribution in [0.25, 0.3) is 11.1 Å². The second-order valence-corrected chi connectivity index (χ2v) is 10.5. The van der Waals surface area contributed by atoms with Crippen molar-refractivity contribution in [1.82, 2.24) is 0 Å². The van der Waals surface area contributed by atoms with Crippen molar-refractivity contribution in [3.05, 3.63) is 100 Å². The number of nitrogens with zero attached hydrogens (tertiary/aromatic N) is 1. The summed E-state index contributed by atoms with van der Waals surface area (Å²) in [5.41, 5.74) is 2.25. The van der Waals surface area contributed by atoms with Crippen molar-refractivity contribution in [3.8, 4) is 11.1 Å². The van der Waals surface area contributed by atoms with E-state index in [1.165, 1.54) is 57.4 Å². The molecule has 0 atom stereocenters. The van der Waals surface area contributed by atoms with Gasteiger partial charge in [0.15, 0.2) is 0 Å². The van der Waals surface area contributed by atoms with E-state index in [9.17, 15) is 19.7 Å². The Kier molecular flexibility index (Phi) is 17.7. The smallest absolute Gasteiger partial charge is 0.339 e. The first-order chi connectivity index (χ1) is 21.0. The van der Waals surface area contributed by atoms with Crippen LogP contribution in [0.1, 0.15) is 112 Å². The minimum Gasteiger partial charge on any atom is -0.462 e. The third-order valence-electron chi connectivity index (χ3n) is 7.01. The van der Waals surface area contributed by atoms with E-state index in [1.54, 1.807) is 42.5 Å². The lowest BCUT2D eigenvalue weighted by molar-refractivity contribution is -0.384. The van der Waals surface area contributed by atoms with Gasteiger partial charge in [-0.25, -0.2) is 9.59 Å². The topological polar surface area (TPSA) is 95.7 Å². The molecule has 0 bridgehead atoms. The molecule has 0 heterocycles. The molecule has 3 aromatic rings. The lowest BCUT2D eigenvalue weighted by atomic mass is 10.0. The lowest BCUT2D eigenvalue weighted by Gasteiger charge is -2.10. The van der Waals surface area contributed by atoms with Crippen molar-refractivity contribution < 1.29 is 24.0 Å². The third kappa shape index (κ3) is 13.7. The summed E-state index contributed by atoms with van der Waals surface area (Å²) in [6.07, 6.45) is 13.6. The zero-order valence-electron chi connectivity index (χ0n) is 25.8. The third-order valence-corrected chi connectivity index (χ3v) is 7.01. The molecule has 0 aliphatic carbocycles. The number of esters is 2. The quantitative estimate of drug-likeness (QED) is 0.0634. The molecule has 0 unspecified atom stereocenters. The van der Waals surface area contributed by atoms with Crippen LogP contribution >= 0.6 is 0 Å². The Balaban J connectivity index is 0.000000358. The van der Waals surface area contributed by atoms with Gasteiger partial charge in [0.05, 0.1) is 34.8 Å². The predicted octanol–water partition coefficient (Wildman–Crippen LogP) is 9.98. The molecule has 0 N–H and O–H groups in total. The summed E-state index contributed by atoms with van der Waals surface area (Å²) >= 11 is 0. The van der Waals surface area contributed by atoms with Crippen LogP contribution in [0, 0.1) is 10.1 Å². The average molecular weight is 590 g/mol. The molecule has 0 spiro atoms. The Labute approximate surface area is 256 Å². The second-order valence-electron chi connectivity index (χ2n) is 10.5. The van der Waals surface area contributed by atoms with Gasteiger partial charge in [-0.05, 0) is 36.6 Å². The van der Waals surface area contributed by atoms with Crippen molar-refractivity contribution >= 4 is 17.6 Å². The molecule has 7 nitrogen and oxygen atoms in total. The fourth-order valence-corrected chi connectivity index (χ4v) is 4.58. The number of unbranched alkanes of at least 4 members (excludes halogenated alkanes) is 10. The molecule has 3 rings (SSSR count). The number of para-hydroxylation sites is 1. The maximum absolute atomic E-state index is 12.4. The summed E-state index contributed by atoms with van der Waals surface area (Å²) in [6.45, 7) is 5.17. The van der Waals surface area contributed by atoms with E-state index in [-0.39, 0.29) is 10.6 Å². The standard InChI is InChI=1S/C24H38O4.C12H9NO2/c1-3-5-7-9-11-15-19-27-23(25)21-17-13-14-18-22(21)24(26)28-20-16-12-10-8-6-4-2;14-13(15)12-9-5-4-8-11(12)10-6-2-1-3-7-10/h13-14,17-18H,3-12,15-16,19-20H2,1-2H3;1-9H. The molecule has 0 saturated carbocycles. The molecular weight excluding hydrogens is 542 g/mol. The zero-order valence-corrected chi connectivity index (χ0v) is 25.8. The van der Waals surface area contributed by atoms with E-state index in [0.29, 0.717) is 29.9 Å². The van der Waals surface area contributed by atoms with Crippen LogP contribution in [0.5, 0.6) is 0 Å². The van der Waals surface area contributed by atoms with Gasteiger partial charge in [0.2, 0.25) is 0 Å². The normalized spacial score (nSPS) is 10.4. The molecule has 43 heavy (non-hydrogen) atoms. The number of hydrogen-bond donors (Lipinski definition) is 0. The monoisotopic (exact) mass is 589 g/mol. The fraction of sp³-hybridized carbons (Fsp3) is 0.444. The van der Waals surface area contributed by atoms with Crippen LogP contribution in [0.3, 0.4) is 0 Å². The molecule has 0 aliphatic rings. The number of carbonyl (C=O) groups is 2. The highest BCUT2D eigenvalue weighted by Gasteiger charge is 2.19. The van der Waals surface area contributed by atoms with Gasteiger partial charge in [0, 0.05) is 6.07 Å². The SMILES string of the molecule is CCCCCCCCOC(=O)c1ccccc1C(=O)OCCCCCCCC.O=[N+]([O-])c1ccccc1-c1ccccc1. The van der Waals surface area contributed by atoms with Crippen LogP contribution in [-0.4, -0.2) is 30.1 Å². The summed E-state index contributed by atoms with van der Waals surface area (Å²) in [7, 11) is 0. The van der Waals surface area contributed by atoms with Gasteiger partial charge in [-0.1, -0.05) is 133 Å². The molecule has 0 aliphatic heterocycles. The van der Waals surface area contributed by atoms with Gasteiger partial charge in [0.25, 0.3) is 5.69 Å². The largest absolute Gasteiger partial charge is 0.462 e. The highest BCUT2D eigenvalue weighted by atomic mass is 16.6. The minimum atomic E-state index is -0.444. The van der Waals surface area contributed by atoms with Gasteiger partial charge in [-0.2, -0.15) is 0 Å². The fourth-order valence-electron chi connectivity index (χ4n) is 4.58. The molecule has 3 aromatic carbocycles. The maximum atomic E-state index is 12.4. The maximum Gasteiger partial charge on any atom is 0.339 e. The molecule has 0 saturated heterocycles. The van der Waals surface area contributed by atoms with Gasteiger partial charge in [-0.3, -0.25) is 10.1 Å². The van der Waals surface area contributed by atoms with Gasteiger partial charge < -0.3 is 9.47 Å². The van der Waals surface area contributed by atoms with E-state index in [1.807, 2.05) is 30.3 Å². The van der Waals surface area contributed by atoms with Crippen LogP contribution in [0.2, 0.25) is 0 Å². The number of nitro groups is 1. The Morgan fingerprint density at radius 3 is 1.49 bits per heavy atom. The number of hydrogen-bond acceptors (Lipinski definition) is 6. The summed E-state index contributed by atoms with van der Waals surface area (Å²) in [5.74, 6) is -0.888. The van der Waals surface area contributed by atoms with Crippen molar-refractivity contribution in [3.63, 3.8) is 0 Å². The first-order valence-electron chi connectivity index (χ1n) is 15.7. The van der Waals surface area contributed by atoms with E-state index in [0.717, 1.165) is 31.2 Å². The number of rotatable bonds is 18. The Bertz CT molecular complexity index is 1180. The second kappa shape index (κ2) is 21.7. The minimum absolute atomic E-state index is 0.142. The van der Waals surface area contributed by atoms with E-state index >= 15 is 0 Å². The number of benzene rings is 3. The number of nitro benzene ring substituents is 1. The highest BCUT2D eigenvalue weighted by Crippen LogP contribution is 2.28. The predicted molar refractivity (Wildman–Crippen MR) is 172 cm³/mol. The van der Waals surface area contributed by atoms with Gasteiger partial charge >= 0.3 is 11.9 Å². The summed E-state index contributed by atoms with van der Waals surface area (Å²) in [4.78, 5) is 35.1. The zero-order chi connectivity index (χ0) is 31.1. The Hall–Kier alpha value is -4.00. The highest BCUT2D eigenvalue weighted by molar-refractivity contribution is 6.03. The number of ether oxygens (including phenoxy) is 2. The molecule has 0 amide bonds. The summed E-state index contributed by atoms with van der Waals surface area (Å²) in [6, 6.07) is 22.8. The first kappa shape index (κ1) is 35.2. The van der Waals surface area contributed by atoms with Crippen molar-refractivity contribution in [2.75, 3.05) is 13.2 Å². The lowest BCUT2D eigenvalue weighted by Crippen LogP contribution is -2.15. The van der Waals surface area contributed by atoms with Crippen molar-refractivity contribution in [1.29, 1.82) is 0 Å².